The van der Waals surface area contributed by atoms with Crippen LogP contribution in [0, 0.1) is 17.5 Å². The number of carboxylic acids is 1. The lowest BCUT2D eigenvalue weighted by molar-refractivity contribution is 0.0691. The number of hydrogen-bond donors (Lipinski definition) is 2. The van der Waals surface area contributed by atoms with Crippen molar-refractivity contribution in [2.75, 3.05) is 5.73 Å². The third kappa shape index (κ3) is 2.27. The van der Waals surface area contributed by atoms with Gasteiger partial charge in [-0.3, -0.25) is 0 Å². The molecule has 0 radical (unpaired) electrons. The van der Waals surface area contributed by atoms with Crippen LogP contribution in [-0.4, -0.2) is 16.1 Å². The molecule has 8 heteroatoms. The first-order valence-corrected chi connectivity index (χ1v) is 5.54. The van der Waals surface area contributed by atoms with Crippen LogP contribution in [-0.2, 0) is 0 Å². The van der Waals surface area contributed by atoms with E-state index in [0.29, 0.717) is 6.07 Å². The van der Waals surface area contributed by atoms with Crippen LogP contribution in [0.5, 0.6) is 0 Å². The number of carbonyl (C=O) groups is 1. The molecule has 0 spiro atoms. The molecule has 2 aromatic rings. The van der Waals surface area contributed by atoms with Gasteiger partial charge in [0.1, 0.15) is 17.3 Å². The fourth-order valence-electron chi connectivity index (χ4n) is 1.56. The topological polar surface area (TPSA) is 76.2 Å². The zero-order valence-electron chi connectivity index (χ0n) is 9.62. The molecule has 1 aromatic carbocycles. The summed E-state index contributed by atoms with van der Waals surface area (Å²) in [7, 11) is 0. The lowest BCUT2D eigenvalue weighted by atomic mass is 10.1. The van der Waals surface area contributed by atoms with Crippen LogP contribution in [0.4, 0.5) is 18.9 Å². The van der Waals surface area contributed by atoms with Gasteiger partial charge in [-0.1, -0.05) is 11.6 Å². The van der Waals surface area contributed by atoms with E-state index >= 15 is 0 Å². The van der Waals surface area contributed by atoms with E-state index < -0.39 is 51.1 Å². The lowest BCUT2D eigenvalue weighted by Gasteiger charge is -2.10. The summed E-state index contributed by atoms with van der Waals surface area (Å²) in [5.41, 5.74) is 2.61. The van der Waals surface area contributed by atoms with Crippen LogP contribution in [0.15, 0.2) is 18.2 Å². The first kappa shape index (κ1) is 14.1. The zero-order chi connectivity index (χ0) is 15.0. The predicted octanol–water partition coefficient (Wildman–Crippen LogP) is 3.10. The number of nitrogen functional groups attached to an aromatic ring is 1. The highest BCUT2D eigenvalue weighted by atomic mass is 35.5. The van der Waals surface area contributed by atoms with Gasteiger partial charge in [0.25, 0.3) is 0 Å². The SMILES string of the molecule is Nc1c(F)c(-c2cc(F)ccc2F)nc(C(=O)O)c1Cl. The molecule has 0 aliphatic carbocycles. The molecule has 0 atom stereocenters. The number of nitrogens with zero attached hydrogens (tertiary/aromatic N) is 1. The number of nitrogens with two attached hydrogens (primary N) is 1. The number of benzene rings is 1. The standard InChI is InChI=1S/C12H6ClF3N2O2/c13-7-9(17)8(16)10(18-11(7)12(19)20)5-3-4(14)1-2-6(5)15/h1-3H,(H2,17,18)(H,19,20). The van der Waals surface area contributed by atoms with Crippen LogP contribution in [0.2, 0.25) is 5.02 Å². The molecule has 0 amide bonds. The molecule has 1 heterocycles. The Morgan fingerprint density at radius 3 is 2.55 bits per heavy atom. The molecule has 0 aliphatic heterocycles. The van der Waals surface area contributed by atoms with Crippen LogP contribution >= 0.6 is 11.6 Å². The van der Waals surface area contributed by atoms with Crippen LogP contribution in [0.25, 0.3) is 11.3 Å². The fraction of sp³-hybridized carbons (Fsp3) is 0. The van der Waals surface area contributed by atoms with Crippen LogP contribution in [0.1, 0.15) is 10.5 Å². The number of anilines is 1. The van der Waals surface area contributed by atoms with Gasteiger partial charge in [0, 0.05) is 5.56 Å². The molecule has 3 N–H and O–H groups in total. The highest BCUT2D eigenvalue weighted by Crippen LogP contribution is 2.33. The Balaban J connectivity index is 2.80. The summed E-state index contributed by atoms with van der Waals surface area (Å²) in [5.74, 6) is -4.60. The first-order valence-electron chi connectivity index (χ1n) is 5.16. The van der Waals surface area contributed by atoms with Crippen molar-refractivity contribution in [3.05, 3.63) is 46.4 Å². The van der Waals surface area contributed by atoms with Gasteiger partial charge in [-0.25, -0.2) is 22.9 Å². The first-order chi connectivity index (χ1) is 9.32. The van der Waals surface area contributed by atoms with Crippen molar-refractivity contribution in [2.45, 2.75) is 0 Å². The summed E-state index contributed by atoms with van der Waals surface area (Å²) >= 11 is 5.55. The fourth-order valence-corrected chi connectivity index (χ4v) is 1.77. The summed E-state index contributed by atoms with van der Waals surface area (Å²) in [6.07, 6.45) is 0. The van der Waals surface area contributed by atoms with E-state index in [0.717, 1.165) is 12.1 Å². The maximum Gasteiger partial charge on any atom is 0.356 e. The maximum atomic E-state index is 13.9. The second-order valence-corrected chi connectivity index (χ2v) is 4.16. The van der Waals surface area contributed by atoms with E-state index in [1.165, 1.54) is 0 Å². The number of halogens is 4. The minimum absolute atomic E-state index is 0.548. The monoisotopic (exact) mass is 302 g/mol. The summed E-state index contributed by atoms with van der Waals surface area (Å²) in [5, 5.41) is 8.28. The predicted molar refractivity (Wildman–Crippen MR) is 65.9 cm³/mol. The van der Waals surface area contributed by atoms with Gasteiger partial charge in [0.2, 0.25) is 0 Å². The van der Waals surface area contributed by atoms with Gasteiger partial charge in [-0.15, -0.1) is 0 Å². The zero-order valence-corrected chi connectivity index (χ0v) is 10.4. The van der Waals surface area contributed by atoms with Crippen molar-refractivity contribution >= 4 is 23.3 Å². The van der Waals surface area contributed by atoms with Gasteiger partial charge in [0.05, 0.1) is 10.7 Å². The van der Waals surface area contributed by atoms with Gasteiger partial charge >= 0.3 is 5.97 Å². The van der Waals surface area contributed by atoms with Crippen molar-refractivity contribution < 1.29 is 23.1 Å². The average molecular weight is 303 g/mol. The summed E-state index contributed by atoms with van der Waals surface area (Å²) in [4.78, 5) is 14.3. The highest BCUT2D eigenvalue weighted by molar-refractivity contribution is 6.35. The van der Waals surface area contributed by atoms with E-state index in [1.807, 2.05) is 0 Å². The number of carboxylic acid groups (broad SMARTS) is 1. The molecule has 0 saturated heterocycles. The average Bonchev–Trinajstić information content (AvgIpc) is 2.39. The number of rotatable bonds is 2. The van der Waals surface area contributed by atoms with E-state index in [4.69, 9.17) is 22.4 Å². The van der Waals surface area contributed by atoms with Gasteiger partial charge in [-0.05, 0) is 18.2 Å². The largest absolute Gasteiger partial charge is 0.476 e. The minimum atomic E-state index is -1.57. The Bertz CT molecular complexity index is 722. The molecule has 4 nitrogen and oxygen atoms in total. The third-order valence-electron chi connectivity index (χ3n) is 2.50. The minimum Gasteiger partial charge on any atom is -0.476 e. The molecule has 0 bridgehead atoms. The normalized spacial score (nSPS) is 10.6. The van der Waals surface area contributed by atoms with Crippen LogP contribution in [0.3, 0.4) is 0 Å². The van der Waals surface area contributed by atoms with E-state index in [2.05, 4.69) is 4.98 Å². The van der Waals surface area contributed by atoms with Crippen molar-refractivity contribution in [2.24, 2.45) is 0 Å². The molecular formula is C12H6ClF3N2O2. The molecule has 104 valence electrons. The molecule has 0 fully saturated rings. The van der Waals surface area contributed by atoms with Crippen LogP contribution < -0.4 is 5.73 Å². The Hall–Kier alpha value is -2.28. The molecule has 0 saturated carbocycles. The van der Waals surface area contributed by atoms with E-state index in [-0.39, 0.29) is 0 Å². The summed E-state index contributed by atoms with van der Waals surface area (Å²) in [6.45, 7) is 0. The molecule has 0 unspecified atom stereocenters. The lowest BCUT2D eigenvalue weighted by Crippen LogP contribution is -2.09. The summed E-state index contributed by atoms with van der Waals surface area (Å²) < 4.78 is 40.7. The van der Waals surface area contributed by atoms with Crippen molar-refractivity contribution in [1.82, 2.24) is 4.98 Å². The molecular weight excluding hydrogens is 297 g/mol. The van der Waals surface area contributed by atoms with Gasteiger partial charge < -0.3 is 10.8 Å². The molecule has 2 rings (SSSR count). The second-order valence-electron chi connectivity index (χ2n) is 3.78. The third-order valence-corrected chi connectivity index (χ3v) is 2.88. The van der Waals surface area contributed by atoms with Crippen molar-refractivity contribution in [1.29, 1.82) is 0 Å². The number of pyridine rings is 1. The second kappa shape index (κ2) is 5.01. The Kier molecular flexibility index (Phi) is 3.54. The maximum absolute atomic E-state index is 13.9. The molecule has 0 aliphatic rings. The number of aromatic nitrogens is 1. The Morgan fingerprint density at radius 2 is 1.95 bits per heavy atom. The molecule has 20 heavy (non-hydrogen) atoms. The van der Waals surface area contributed by atoms with E-state index in [9.17, 15) is 18.0 Å². The highest BCUT2D eigenvalue weighted by Gasteiger charge is 2.23. The van der Waals surface area contributed by atoms with E-state index in [1.54, 1.807) is 0 Å². The molecule has 1 aromatic heterocycles. The summed E-state index contributed by atoms with van der Waals surface area (Å²) in [6, 6.07) is 2.27. The van der Waals surface area contributed by atoms with Crippen molar-refractivity contribution in [3.8, 4) is 11.3 Å². The Labute approximate surface area is 115 Å². The number of hydrogen-bond acceptors (Lipinski definition) is 3. The van der Waals surface area contributed by atoms with Crippen molar-refractivity contribution in [3.63, 3.8) is 0 Å². The van der Waals surface area contributed by atoms with Gasteiger partial charge in [0.15, 0.2) is 11.5 Å². The number of aromatic carboxylic acids is 1. The quantitative estimate of drug-likeness (QED) is 0.893. The smallest absolute Gasteiger partial charge is 0.356 e. The van der Waals surface area contributed by atoms with Gasteiger partial charge in [-0.2, -0.15) is 0 Å². The Morgan fingerprint density at radius 1 is 1.30 bits per heavy atom.